The van der Waals surface area contributed by atoms with Crippen molar-refractivity contribution in [2.24, 2.45) is 0 Å². The lowest BCUT2D eigenvalue weighted by Crippen LogP contribution is -1.96. The van der Waals surface area contributed by atoms with Gasteiger partial charge in [-0.1, -0.05) is 11.8 Å². The van der Waals surface area contributed by atoms with E-state index in [-0.39, 0.29) is 5.75 Å². The van der Waals surface area contributed by atoms with E-state index < -0.39 is 5.97 Å². The molecule has 0 saturated carbocycles. The standard InChI is InChI=1S/C9H8N2O2S2/c10-5-1-2-6-7(3-5)15-9(11-6)14-4-8(12)13/h1-3H,4,10H2,(H,12,13). The average molecular weight is 240 g/mol. The fourth-order valence-corrected chi connectivity index (χ4v) is 2.94. The van der Waals surface area contributed by atoms with Crippen molar-refractivity contribution in [2.75, 3.05) is 11.5 Å². The number of carboxylic acids is 1. The van der Waals surface area contributed by atoms with Crippen LogP contribution in [-0.2, 0) is 4.79 Å². The molecule has 4 nitrogen and oxygen atoms in total. The highest BCUT2D eigenvalue weighted by Gasteiger charge is 2.06. The molecule has 1 heterocycles. The smallest absolute Gasteiger partial charge is 0.313 e. The van der Waals surface area contributed by atoms with Crippen LogP contribution in [0.4, 0.5) is 5.69 Å². The molecule has 78 valence electrons. The maximum atomic E-state index is 10.4. The highest BCUT2D eigenvalue weighted by Crippen LogP contribution is 2.30. The first-order chi connectivity index (χ1) is 7.15. The van der Waals surface area contributed by atoms with Crippen LogP contribution in [0.15, 0.2) is 22.5 Å². The number of thiazole rings is 1. The Morgan fingerprint density at radius 1 is 1.60 bits per heavy atom. The molecule has 0 aliphatic rings. The number of nitrogen functional groups attached to an aromatic ring is 1. The zero-order valence-electron chi connectivity index (χ0n) is 7.64. The molecule has 2 rings (SSSR count). The van der Waals surface area contributed by atoms with E-state index in [0.29, 0.717) is 5.69 Å². The minimum atomic E-state index is -0.834. The molecule has 0 atom stereocenters. The molecule has 0 aliphatic heterocycles. The number of carbonyl (C=O) groups is 1. The molecule has 0 radical (unpaired) electrons. The van der Waals surface area contributed by atoms with Crippen molar-refractivity contribution in [2.45, 2.75) is 4.34 Å². The van der Waals surface area contributed by atoms with E-state index in [1.165, 1.54) is 23.1 Å². The van der Waals surface area contributed by atoms with Gasteiger partial charge in [-0.25, -0.2) is 4.98 Å². The number of aromatic nitrogens is 1. The number of carboxylic acid groups (broad SMARTS) is 1. The van der Waals surface area contributed by atoms with Crippen molar-refractivity contribution >= 4 is 45.0 Å². The molecule has 0 saturated heterocycles. The highest BCUT2D eigenvalue weighted by molar-refractivity contribution is 8.01. The van der Waals surface area contributed by atoms with Gasteiger partial charge >= 0.3 is 5.97 Å². The maximum absolute atomic E-state index is 10.4. The van der Waals surface area contributed by atoms with Crippen molar-refractivity contribution in [1.29, 1.82) is 0 Å². The van der Waals surface area contributed by atoms with Crippen LogP contribution in [0.25, 0.3) is 10.2 Å². The minimum Gasteiger partial charge on any atom is -0.481 e. The van der Waals surface area contributed by atoms with E-state index in [0.717, 1.165) is 14.6 Å². The van der Waals surface area contributed by atoms with Crippen molar-refractivity contribution in [3.63, 3.8) is 0 Å². The zero-order valence-corrected chi connectivity index (χ0v) is 9.27. The molecule has 1 aromatic heterocycles. The van der Waals surface area contributed by atoms with Crippen LogP contribution in [0.5, 0.6) is 0 Å². The fourth-order valence-electron chi connectivity index (χ4n) is 1.11. The molecule has 1 aromatic carbocycles. The van der Waals surface area contributed by atoms with Gasteiger partial charge in [0.2, 0.25) is 0 Å². The number of rotatable bonds is 3. The lowest BCUT2D eigenvalue weighted by Gasteiger charge is -1.89. The molecular weight excluding hydrogens is 232 g/mol. The molecular formula is C9H8N2O2S2. The topological polar surface area (TPSA) is 76.2 Å². The summed E-state index contributed by atoms with van der Waals surface area (Å²) in [5, 5.41) is 8.53. The minimum absolute atomic E-state index is 0.0370. The van der Waals surface area contributed by atoms with Gasteiger partial charge in [0.15, 0.2) is 4.34 Å². The van der Waals surface area contributed by atoms with Gasteiger partial charge in [-0.05, 0) is 18.2 Å². The van der Waals surface area contributed by atoms with Gasteiger partial charge in [0, 0.05) is 5.69 Å². The maximum Gasteiger partial charge on any atom is 0.313 e. The van der Waals surface area contributed by atoms with E-state index in [4.69, 9.17) is 10.8 Å². The van der Waals surface area contributed by atoms with Crippen LogP contribution in [-0.4, -0.2) is 21.8 Å². The summed E-state index contributed by atoms with van der Waals surface area (Å²) in [4.78, 5) is 14.7. The Labute approximate surface area is 94.1 Å². The van der Waals surface area contributed by atoms with Crippen LogP contribution in [0.2, 0.25) is 0 Å². The van der Waals surface area contributed by atoms with Crippen LogP contribution >= 0.6 is 23.1 Å². The van der Waals surface area contributed by atoms with E-state index in [2.05, 4.69) is 4.98 Å². The summed E-state index contributed by atoms with van der Waals surface area (Å²) in [5.41, 5.74) is 7.19. The summed E-state index contributed by atoms with van der Waals surface area (Å²) in [5.74, 6) is -0.797. The van der Waals surface area contributed by atoms with Gasteiger partial charge in [0.25, 0.3) is 0 Å². The van der Waals surface area contributed by atoms with Crippen LogP contribution in [0.3, 0.4) is 0 Å². The number of benzene rings is 1. The van der Waals surface area contributed by atoms with Gasteiger partial charge in [-0.15, -0.1) is 11.3 Å². The predicted molar refractivity (Wildman–Crippen MR) is 62.4 cm³/mol. The molecule has 3 N–H and O–H groups in total. The lowest BCUT2D eigenvalue weighted by atomic mass is 10.3. The third kappa shape index (κ3) is 2.40. The molecule has 0 spiro atoms. The van der Waals surface area contributed by atoms with E-state index in [9.17, 15) is 4.79 Å². The van der Waals surface area contributed by atoms with E-state index in [1.54, 1.807) is 6.07 Å². The van der Waals surface area contributed by atoms with Crippen LogP contribution in [0.1, 0.15) is 0 Å². The summed E-state index contributed by atoms with van der Waals surface area (Å²) in [6.45, 7) is 0. The Morgan fingerprint density at radius 2 is 2.40 bits per heavy atom. The number of fused-ring (bicyclic) bond motifs is 1. The summed E-state index contributed by atoms with van der Waals surface area (Å²) in [6, 6.07) is 5.47. The number of hydrogen-bond donors (Lipinski definition) is 2. The summed E-state index contributed by atoms with van der Waals surface area (Å²) < 4.78 is 1.75. The van der Waals surface area contributed by atoms with Gasteiger partial charge in [-0.2, -0.15) is 0 Å². The van der Waals surface area contributed by atoms with Crippen molar-refractivity contribution < 1.29 is 9.90 Å². The first-order valence-corrected chi connectivity index (χ1v) is 5.96. The normalized spacial score (nSPS) is 10.7. The summed E-state index contributed by atoms with van der Waals surface area (Å²) >= 11 is 2.69. The second kappa shape index (κ2) is 4.08. The van der Waals surface area contributed by atoms with E-state index >= 15 is 0 Å². The third-order valence-corrected chi connectivity index (χ3v) is 3.86. The number of thioether (sulfide) groups is 1. The molecule has 6 heteroatoms. The number of nitrogens with zero attached hydrogens (tertiary/aromatic N) is 1. The molecule has 0 unspecified atom stereocenters. The third-order valence-electron chi connectivity index (χ3n) is 1.71. The number of aliphatic carboxylic acids is 1. The number of hydrogen-bond acceptors (Lipinski definition) is 5. The molecule has 2 aromatic rings. The zero-order chi connectivity index (χ0) is 10.8. The quantitative estimate of drug-likeness (QED) is 0.634. The highest BCUT2D eigenvalue weighted by atomic mass is 32.2. The Bertz CT molecular complexity index is 510. The number of anilines is 1. The lowest BCUT2D eigenvalue weighted by molar-refractivity contribution is -0.133. The van der Waals surface area contributed by atoms with Gasteiger partial charge in [-0.3, -0.25) is 4.79 Å². The monoisotopic (exact) mass is 240 g/mol. The Kier molecular flexibility index (Phi) is 2.79. The molecule has 0 bridgehead atoms. The number of nitrogens with two attached hydrogens (primary N) is 1. The van der Waals surface area contributed by atoms with Crippen molar-refractivity contribution in [3.05, 3.63) is 18.2 Å². The van der Waals surface area contributed by atoms with Gasteiger partial charge in [0.1, 0.15) is 0 Å². The van der Waals surface area contributed by atoms with Gasteiger partial charge in [0.05, 0.1) is 16.0 Å². The molecule has 0 amide bonds. The van der Waals surface area contributed by atoms with Crippen LogP contribution in [0, 0.1) is 0 Å². The first-order valence-electron chi connectivity index (χ1n) is 4.16. The van der Waals surface area contributed by atoms with E-state index in [1.807, 2.05) is 12.1 Å². The fraction of sp³-hybridized carbons (Fsp3) is 0.111. The molecule has 0 aliphatic carbocycles. The first kappa shape index (κ1) is 10.3. The Morgan fingerprint density at radius 3 is 3.13 bits per heavy atom. The molecule has 15 heavy (non-hydrogen) atoms. The largest absolute Gasteiger partial charge is 0.481 e. The Balaban J connectivity index is 2.27. The Hall–Kier alpha value is -1.27. The average Bonchev–Trinajstić information content (AvgIpc) is 2.56. The predicted octanol–water partition coefficient (Wildman–Crippen LogP) is 2.06. The van der Waals surface area contributed by atoms with Crippen LogP contribution < -0.4 is 5.73 Å². The SMILES string of the molecule is Nc1ccc2nc(SCC(=O)O)sc2c1. The van der Waals surface area contributed by atoms with Crippen molar-refractivity contribution in [3.8, 4) is 0 Å². The van der Waals surface area contributed by atoms with Gasteiger partial charge < -0.3 is 10.8 Å². The second-order valence-corrected chi connectivity index (χ2v) is 5.14. The second-order valence-electron chi connectivity index (χ2n) is 2.89. The summed E-state index contributed by atoms with van der Waals surface area (Å²) in [7, 11) is 0. The molecule has 0 fully saturated rings. The van der Waals surface area contributed by atoms with Crippen molar-refractivity contribution in [1.82, 2.24) is 4.98 Å². The summed E-state index contributed by atoms with van der Waals surface area (Å²) in [6.07, 6.45) is 0.